The molecule has 0 atom stereocenters. The molecule has 1 heterocycles. The lowest BCUT2D eigenvalue weighted by Crippen LogP contribution is -2.29. The minimum Gasteiger partial charge on any atom is -0.490 e. The van der Waals surface area contributed by atoms with E-state index in [4.69, 9.17) is 21.3 Å². The summed E-state index contributed by atoms with van der Waals surface area (Å²) in [5.74, 6) is 1.22. The fraction of sp³-hybridized carbons (Fsp3) is 0.318. The molecule has 0 aliphatic carbocycles. The summed E-state index contributed by atoms with van der Waals surface area (Å²) in [6.07, 6.45) is 1.59. The first kappa shape index (κ1) is 21.5. The van der Waals surface area contributed by atoms with Crippen molar-refractivity contribution in [3.05, 3.63) is 67.6 Å². The number of halogens is 2. The third kappa shape index (κ3) is 4.87. The first-order chi connectivity index (χ1) is 13.6. The number of hydrogen-bond acceptors (Lipinski definition) is 4. The maximum atomic E-state index is 13.2. The Morgan fingerprint density at radius 2 is 1.93 bits per heavy atom. The molecule has 0 spiro atoms. The maximum Gasteiger partial charge on any atom is 0.282 e. The van der Waals surface area contributed by atoms with Crippen LogP contribution in [-0.2, 0) is 5.41 Å². The Bertz CT molecular complexity index is 1150. The van der Waals surface area contributed by atoms with Crippen molar-refractivity contribution in [2.75, 3.05) is 0 Å². The highest BCUT2D eigenvalue weighted by Gasteiger charge is 2.23. The van der Waals surface area contributed by atoms with E-state index in [1.807, 2.05) is 46.8 Å². The van der Waals surface area contributed by atoms with E-state index in [0.29, 0.717) is 33.1 Å². The van der Waals surface area contributed by atoms with Gasteiger partial charge < -0.3 is 4.74 Å². The third-order valence-electron chi connectivity index (χ3n) is 4.13. The van der Waals surface area contributed by atoms with E-state index in [2.05, 4.69) is 21.0 Å². The zero-order chi connectivity index (χ0) is 21.3. The minimum absolute atomic E-state index is 0.00382. The highest BCUT2D eigenvalue weighted by molar-refractivity contribution is 9.10. The summed E-state index contributed by atoms with van der Waals surface area (Å²) < 4.78 is 8.01. The van der Waals surface area contributed by atoms with Gasteiger partial charge in [-0.05, 0) is 50.2 Å². The molecule has 1 aromatic heterocycles. The predicted octanol–water partition coefficient (Wildman–Crippen LogP) is 5.78. The van der Waals surface area contributed by atoms with E-state index < -0.39 is 0 Å². The van der Waals surface area contributed by atoms with Gasteiger partial charge >= 0.3 is 0 Å². The molecule has 0 saturated carbocycles. The summed E-state index contributed by atoms with van der Waals surface area (Å²) in [6, 6.07) is 10.8. The van der Waals surface area contributed by atoms with Crippen LogP contribution in [-0.4, -0.2) is 22.0 Å². The van der Waals surface area contributed by atoms with Crippen molar-refractivity contribution in [1.29, 1.82) is 0 Å². The fourth-order valence-electron chi connectivity index (χ4n) is 2.84. The van der Waals surface area contributed by atoms with E-state index in [9.17, 15) is 4.79 Å². The molecule has 3 rings (SSSR count). The Morgan fingerprint density at radius 3 is 2.59 bits per heavy atom. The van der Waals surface area contributed by atoms with E-state index in [1.54, 1.807) is 30.5 Å². The van der Waals surface area contributed by atoms with Crippen LogP contribution in [0.15, 0.2) is 50.8 Å². The van der Waals surface area contributed by atoms with Crippen molar-refractivity contribution in [2.45, 2.75) is 46.1 Å². The van der Waals surface area contributed by atoms with Crippen LogP contribution < -0.4 is 10.3 Å². The van der Waals surface area contributed by atoms with Gasteiger partial charge in [-0.2, -0.15) is 9.78 Å². The number of ether oxygens (including phenoxy) is 1. The lowest BCUT2D eigenvalue weighted by molar-refractivity contribution is 0.242. The van der Waals surface area contributed by atoms with Crippen LogP contribution in [0.25, 0.3) is 10.9 Å². The lowest BCUT2D eigenvalue weighted by atomic mass is 9.95. The smallest absolute Gasteiger partial charge is 0.282 e. The van der Waals surface area contributed by atoms with Crippen LogP contribution in [0.5, 0.6) is 5.75 Å². The summed E-state index contributed by atoms with van der Waals surface area (Å²) in [4.78, 5) is 18.0. The summed E-state index contributed by atoms with van der Waals surface area (Å²) in [5, 5.41) is 5.55. The van der Waals surface area contributed by atoms with Gasteiger partial charge in [0.25, 0.3) is 5.56 Å². The molecule has 5 nitrogen and oxygen atoms in total. The van der Waals surface area contributed by atoms with Crippen LogP contribution in [0, 0.1) is 0 Å². The molecule has 0 aliphatic rings. The number of hydrogen-bond donors (Lipinski definition) is 0. The van der Waals surface area contributed by atoms with Crippen molar-refractivity contribution < 1.29 is 4.74 Å². The van der Waals surface area contributed by atoms with Gasteiger partial charge in [0, 0.05) is 20.5 Å². The van der Waals surface area contributed by atoms with Crippen molar-refractivity contribution in [1.82, 2.24) is 9.66 Å². The van der Waals surface area contributed by atoms with Gasteiger partial charge in [-0.25, -0.2) is 4.98 Å². The number of aromatic nitrogens is 2. The lowest BCUT2D eigenvalue weighted by Gasteiger charge is -2.21. The summed E-state index contributed by atoms with van der Waals surface area (Å²) >= 11 is 9.58. The second kappa shape index (κ2) is 8.28. The van der Waals surface area contributed by atoms with Gasteiger partial charge in [0.15, 0.2) is 0 Å². The van der Waals surface area contributed by atoms with Gasteiger partial charge in [-0.1, -0.05) is 48.3 Å². The Labute approximate surface area is 183 Å². The molecular formula is C22H23BrClN3O2. The monoisotopic (exact) mass is 475 g/mol. The summed E-state index contributed by atoms with van der Waals surface area (Å²) in [5.41, 5.74) is 0.711. The molecule has 152 valence electrons. The standard InChI is InChI=1S/C22H23BrClN3O2/c1-13(2)29-19-9-7-16(24)10-14(19)12-25-27-20(28)17-11-15(23)6-8-18(17)26-21(27)22(3,4)5/h6-13H,1-5H3. The van der Waals surface area contributed by atoms with Gasteiger partial charge in [-0.3, -0.25) is 4.79 Å². The Balaban J connectivity index is 2.21. The molecule has 0 bridgehead atoms. The van der Waals surface area contributed by atoms with E-state index >= 15 is 0 Å². The van der Waals surface area contributed by atoms with Crippen molar-refractivity contribution in [3.8, 4) is 5.75 Å². The van der Waals surface area contributed by atoms with Crippen molar-refractivity contribution in [2.24, 2.45) is 5.10 Å². The average Bonchev–Trinajstić information content (AvgIpc) is 2.62. The topological polar surface area (TPSA) is 56.5 Å². The highest BCUT2D eigenvalue weighted by Crippen LogP contribution is 2.25. The zero-order valence-electron chi connectivity index (χ0n) is 17.0. The number of fused-ring (bicyclic) bond motifs is 1. The van der Waals surface area contributed by atoms with Gasteiger partial charge in [0.05, 0.1) is 23.2 Å². The molecule has 0 fully saturated rings. The number of benzene rings is 2. The third-order valence-corrected chi connectivity index (χ3v) is 4.85. The van der Waals surface area contributed by atoms with Gasteiger partial charge in [-0.15, -0.1) is 0 Å². The van der Waals surface area contributed by atoms with E-state index in [0.717, 1.165) is 4.47 Å². The Kier molecular flexibility index (Phi) is 6.15. The highest BCUT2D eigenvalue weighted by atomic mass is 79.9. The molecule has 0 saturated heterocycles. The van der Waals surface area contributed by atoms with Gasteiger partial charge in [0.1, 0.15) is 11.6 Å². The van der Waals surface area contributed by atoms with Crippen LogP contribution in [0.4, 0.5) is 0 Å². The van der Waals surface area contributed by atoms with Gasteiger partial charge in [0.2, 0.25) is 0 Å². The van der Waals surface area contributed by atoms with Crippen LogP contribution in [0.2, 0.25) is 5.02 Å². The van der Waals surface area contributed by atoms with Crippen LogP contribution in [0.3, 0.4) is 0 Å². The molecule has 0 N–H and O–H groups in total. The first-order valence-electron chi connectivity index (χ1n) is 9.29. The molecule has 29 heavy (non-hydrogen) atoms. The average molecular weight is 477 g/mol. The second-order valence-electron chi connectivity index (χ2n) is 8.06. The molecular weight excluding hydrogens is 454 g/mol. The van der Waals surface area contributed by atoms with Crippen LogP contribution in [0.1, 0.15) is 46.0 Å². The number of rotatable bonds is 4. The Morgan fingerprint density at radius 1 is 1.21 bits per heavy atom. The maximum absolute atomic E-state index is 13.2. The molecule has 0 amide bonds. The van der Waals surface area contributed by atoms with Crippen molar-refractivity contribution in [3.63, 3.8) is 0 Å². The zero-order valence-corrected chi connectivity index (χ0v) is 19.4. The molecule has 2 aromatic carbocycles. The van der Waals surface area contributed by atoms with E-state index in [-0.39, 0.29) is 17.1 Å². The normalized spacial score (nSPS) is 12.3. The first-order valence-corrected chi connectivity index (χ1v) is 10.5. The molecule has 7 heteroatoms. The molecule has 3 aromatic rings. The SMILES string of the molecule is CC(C)Oc1ccc(Cl)cc1C=Nn1c(C(C)(C)C)nc2ccc(Br)cc2c1=O. The summed E-state index contributed by atoms with van der Waals surface area (Å²) in [6.45, 7) is 9.89. The second-order valence-corrected chi connectivity index (χ2v) is 9.41. The van der Waals surface area contributed by atoms with Crippen molar-refractivity contribution >= 4 is 44.6 Å². The largest absolute Gasteiger partial charge is 0.490 e. The fourth-order valence-corrected chi connectivity index (χ4v) is 3.38. The molecule has 0 unspecified atom stereocenters. The molecule has 0 radical (unpaired) electrons. The predicted molar refractivity (Wildman–Crippen MR) is 123 cm³/mol. The van der Waals surface area contributed by atoms with Crippen LogP contribution >= 0.6 is 27.5 Å². The minimum atomic E-state index is -0.386. The molecule has 0 aliphatic heterocycles. The number of nitrogens with zero attached hydrogens (tertiary/aromatic N) is 3. The van der Waals surface area contributed by atoms with E-state index in [1.165, 1.54) is 4.68 Å². The quantitative estimate of drug-likeness (QED) is 0.449. The Hall–Kier alpha value is -2.18. The summed E-state index contributed by atoms with van der Waals surface area (Å²) in [7, 11) is 0.